The van der Waals surface area contributed by atoms with Crippen LogP contribution in [0.15, 0.2) is 0 Å². The van der Waals surface area contributed by atoms with Crippen molar-refractivity contribution in [3.8, 4) is 0 Å². The normalized spacial score (nSPS) is 20.4. The monoisotopic (exact) mass is 269 g/mol. The largest absolute Gasteiger partial charge is 0.375 e. The van der Waals surface area contributed by atoms with Gasteiger partial charge in [0.25, 0.3) is 0 Å². The Morgan fingerprint density at radius 3 is 3.00 bits per heavy atom. The van der Waals surface area contributed by atoms with E-state index in [0.29, 0.717) is 6.10 Å². The van der Waals surface area contributed by atoms with E-state index < -0.39 is 0 Å². The first-order chi connectivity index (χ1) is 8.74. The van der Waals surface area contributed by atoms with Crippen LogP contribution in [0.1, 0.15) is 31.3 Å². The summed E-state index contributed by atoms with van der Waals surface area (Å²) in [7, 11) is 0. The molecule has 1 aliphatic heterocycles. The molecule has 0 aliphatic carbocycles. The number of hydrogen-bond donors (Lipinski definition) is 1. The second kappa shape index (κ2) is 6.50. The third-order valence-corrected chi connectivity index (χ3v) is 4.31. The van der Waals surface area contributed by atoms with Crippen molar-refractivity contribution in [3.63, 3.8) is 0 Å². The third-order valence-electron chi connectivity index (χ3n) is 3.15. The van der Waals surface area contributed by atoms with Crippen LogP contribution in [0.3, 0.4) is 0 Å². The van der Waals surface area contributed by atoms with E-state index in [4.69, 9.17) is 9.72 Å². The van der Waals surface area contributed by atoms with Crippen LogP contribution in [0.4, 0.5) is 5.13 Å². The highest BCUT2D eigenvalue weighted by molar-refractivity contribution is 7.15. The fraction of sp³-hybridized carbons (Fsp3) is 0.769. The van der Waals surface area contributed by atoms with E-state index >= 15 is 0 Å². The Labute approximate surface area is 113 Å². The average molecular weight is 269 g/mol. The van der Waals surface area contributed by atoms with Gasteiger partial charge in [-0.1, -0.05) is 13.8 Å². The maximum Gasteiger partial charge on any atom is 0.185 e. The van der Waals surface area contributed by atoms with Crippen molar-refractivity contribution < 1.29 is 4.74 Å². The lowest BCUT2D eigenvalue weighted by Crippen LogP contribution is -2.41. The summed E-state index contributed by atoms with van der Waals surface area (Å²) in [6.45, 7) is 11.1. The minimum absolute atomic E-state index is 0.310. The molecule has 1 saturated heterocycles. The van der Waals surface area contributed by atoms with Crippen molar-refractivity contribution in [1.29, 1.82) is 0 Å². The van der Waals surface area contributed by atoms with Gasteiger partial charge in [0.15, 0.2) is 5.13 Å². The summed E-state index contributed by atoms with van der Waals surface area (Å²) in [5, 5.41) is 4.55. The first-order valence-corrected chi connectivity index (χ1v) is 7.62. The summed E-state index contributed by atoms with van der Waals surface area (Å²) in [5.41, 5.74) is 1.25. The number of rotatable bonds is 5. The number of thiazole rings is 1. The molecule has 1 aromatic rings. The van der Waals surface area contributed by atoms with Crippen LogP contribution in [0.2, 0.25) is 0 Å². The van der Waals surface area contributed by atoms with Crippen LogP contribution in [-0.2, 0) is 17.7 Å². The maximum absolute atomic E-state index is 5.58. The van der Waals surface area contributed by atoms with Crippen molar-refractivity contribution in [1.82, 2.24) is 10.3 Å². The second-order valence-corrected chi connectivity index (χ2v) is 5.69. The standard InChI is InChI=1S/C13H23N3OS/c1-4-11-12(8-14-5-2)18-13(15-11)16-6-7-17-10(3)9-16/h10,14H,4-9H2,1-3H3. The molecule has 0 saturated carbocycles. The van der Waals surface area contributed by atoms with Gasteiger partial charge in [-0.2, -0.15) is 0 Å². The summed E-state index contributed by atoms with van der Waals surface area (Å²) >= 11 is 1.83. The zero-order chi connectivity index (χ0) is 13.0. The molecule has 4 nitrogen and oxygen atoms in total. The number of morpholine rings is 1. The van der Waals surface area contributed by atoms with E-state index in [1.54, 1.807) is 0 Å². The van der Waals surface area contributed by atoms with Crippen LogP contribution in [0.25, 0.3) is 0 Å². The molecular weight excluding hydrogens is 246 g/mol. The van der Waals surface area contributed by atoms with Crippen LogP contribution in [0, 0.1) is 0 Å². The Bertz CT molecular complexity index is 380. The van der Waals surface area contributed by atoms with Gasteiger partial charge in [-0.05, 0) is 19.9 Å². The van der Waals surface area contributed by atoms with E-state index in [0.717, 1.165) is 44.3 Å². The van der Waals surface area contributed by atoms with Crippen molar-refractivity contribution in [3.05, 3.63) is 10.6 Å². The summed E-state index contributed by atoms with van der Waals surface area (Å²) in [4.78, 5) is 8.53. The minimum Gasteiger partial charge on any atom is -0.375 e. The van der Waals surface area contributed by atoms with Gasteiger partial charge >= 0.3 is 0 Å². The van der Waals surface area contributed by atoms with Crippen LogP contribution in [-0.4, -0.2) is 37.3 Å². The van der Waals surface area contributed by atoms with Crippen molar-refractivity contribution in [2.75, 3.05) is 31.1 Å². The second-order valence-electron chi connectivity index (χ2n) is 4.63. The maximum atomic E-state index is 5.58. The number of nitrogens with one attached hydrogen (secondary N) is 1. The molecule has 0 bridgehead atoms. The van der Waals surface area contributed by atoms with Gasteiger partial charge in [0, 0.05) is 24.5 Å². The minimum atomic E-state index is 0.310. The smallest absolute Gasteiger partial charge is 0.185 e. The zero-order valence-corrected chi connectivity index (χ0v) is 12.3. The number of ether oxygens (including phenoxy) is 1. The van der Waals surface area contributed by atoms with Crippen molar-refractivity contribution >= 4 is 16.5 Å². The number of nitrogens with zero attached hydrogens (tertiary/aromatic N) is 2. The lowest BCUT2D eigenvalue weighted by molar-refractivity contribution is 0.0532. The Hall–Kier alpha value is -0.650. The van der Waals surface area contributed by atoms with E-state index in [1.807, 2.05) is 11.3 Å². The first kappa shape index (κ1) is 13.8. The van der Waals surface area contributed by atoms with Gasteiger partial charge in [-0.3, -0.25) is 0 Å². The molecular formula is C13H23N3OS. The molecule has 1 aliphatic rings. The molecule has 1 atom stereocenters. The molecule has 2 rings (SSSR count). The lowest BCUT2D eigenvalue weighted by Gasteiger charge is -2.30. The molecule has 102 valence electrons. The highest BCUT2D eigenvalue weighted by Gasteiger charge is 2.21. The van der Waals surface area contributed by atoms with Gasteiger partial charge in [0.2, 0.25) is 0 Å². The number of aryl methyl sites for hydroxylation is 1. The van der Waals surface area contributed by atoms with Crippen LogP contribution >= 0.6 is 11.3 Å². The van der Waals surface area contributed by atoms with E-state index in [9.17, 15) is 0 Å². The van der Waals surface area contributed by atoms with E-state index in [1.165, 1.54) is 10.6 Å². The third kappa shape index (κ3) is 3.22. The molecule has 1 N–H and O–H groups in total. The molecule has 0 radical (unpaired) electrons. The SMILES string of the molecule is CCNCc1sc(N2CCOC(C)C2)nc1CC. The molecule has 5 heteroatoms. The lowest BCUT2D eigenvalue weighted by atomic mass is 10.3. The number of anilines is 1. The van der Waals surface area contributed by atoms with E-state index in [2.05, 4.69) is 31.0 Å². The first-order valence-electron chi connectivity index (χ1n) is 6.80. The predicted octanol–water partition coefficient (Wildman–Crippen LogP) is 2.04. The Kier molecular flexibility index (Phi) is 4.97. The molecule has 18 heavy (non-hydrogen) atoms. The highest BCUT2D eigenvalue weighted by atomic mass is 32.1. The summed E-state index contributed by atoms with van der Waals surface area (Å²) in [6.07, 6.45) is 1.32. The Morgan fingerprint density at radius 2 is 2.33 bits per heavy atom. The molecule has 1 unspecified atom stereocenters. The molecule has 0 aromatic carbocycles. The topological polar surface area (TPSA) is 37.4 Å². The average Bonchev–Trinajstić information content (AvgIpc) is 2.79. The fourth-order valence-electron chi connectivity index (χ4n) is 2.15. The van der Waals surface area contributed by atoms with Crippen molar-refractivity contribution in [2.45, 2.75) is 39.8 Å². The number of hydrogen-bond acceptors (Lipinski definition) is 5. The van der Waals surface area contributed by atoms with Crippen LogP contribution in [0.5, 0.6) is 0 Å². The molecule has 0 amide bonds. The van der Waals surface area contributed by atoms with E-state index in [-0.39, 0.29) is 0 Å². The Balaban J connectivity index is 2.10. The van der Waals surface area contributed by atoms with Crippen LogP contribution < -0.4 is 10.2 Å². The van der Waals surface area contributed by atoms with Crippen molar-refractivity contribution in [2.24, 2.45) is 0 Å². The summed E-state index contributed by atoms with van der Waals surface area (Å²) in [6, 6.07) is 0. The molecule has 2 heterocycles. The fourth-order valence-corrected chi connectivity index (χ4v) is 3.30. The molecule has 1 aromatic heterocycles. The molecule has 1 fully saturated rings. The molecule has 0 spiro atoms. The van der Waals surface area contributed by atoms with Gasteiger partial charge in [-0.25, -0.2) is 4.98 Å². The van der Waals surface area contributed by atoms with Gasteiger partial charge in [-0.15, -0.1) is 11.3 Å². The highest BCUT2D eigenvalue weighted by Crippen LogP contribution is 2.28. The summed E-state index contributed by atoms with van der Waals surface area (Å²) < 4.78 is 5.58. The van der Waals surface area contributed by atoms with Gasteiger partial charge in [0.1, 0.15) is 0 Å². The zero-order valence-electron chi connectivity index (χ0n) is 11.5. The summed E-state index contributed by atoms with van der Waals surface area (Å²) in [5.74, 6) is 0. The quantitative estimate of drug-likeness (QED) is 0.887. The number of aromatic nitrogens is 1. The Morgan fingerprint density at radius 1 is 1.50 bits per heavy atom. The van der Waals surface area contributed by atoms with Gasteiger partial charge in [0.05, 0.1) is 18.4 Å². The predicted molar refractivity (Wildman–Crippen MR) is 76.5 cm³/mol. The van der Waals surface area contributed by atoms with Gasteiger partial charge < -0.3 is 15.0 Å².